The monoisotopic (exact) mass is 387 g/mol. The van der Waals surface area contributed by atoms with Crippen molar-refractivity contribution in [2.75, 3.05) is 12.4 Å². The zero-order valence-corrected chi connectivity index (χ0v) is 13.9. The SMILES string of the molecule is CN(/N=C/C(Cl)(Cl)Cl)C(=S)Nc1ccc(Br)cc1. The summed E-state index contributed by atoms with van der Waals surface area (Å²) in [6, 6.07) is 7.55. The lowest BCUT2D eigenvalue weighted by molar-refractivity contribution is 0.555. The summed E-state index contributed by atoms with van der Waals surface area (Å²) >= 11 is 25.1. The van der Waals surface area contributed by atoms with Crippen molar-refractivity contribution in [3.05, 3.63) is 28.7 Å². The molecule has 98 valence electrons. The van der Waals surface area contributed by atoms with Gasteiger partial charge in [0.1, 0.15) is 0 Å². The van der Waals surface area contributed by atoms with Crippen LogP contribution in [-0.4, -0.2) is 27.2 Å². The molecule has 0 saturated heterocycles. The van der Waals surface area contributed by atoms with Gasteiger partial charge in [-0.05, 0) is 36.5 Å². The van der Waals surface area contributed by atoms with E-state index < -0.39 is 3.79 Å². The molecule has 0 fully saturated rings. The van der Waals surface area contributed by atoms with Gasteiger partial charge < -0.3 is 5.32 Å². The summed E-state index contributed by atoms with van der Waals surface area (Å²) in [7, 11) is 1.65. The molecule has 0 atom stereocenters. The lowest BCUT2D eigenvalue weighted by atomic mass is 10.3. The standard InChI is InChI=1S/C10H9BrCl3N3S/c1-17(15-6-10(12,13)14)9(18)16-8-4-2-7(11)3-5-8/h2-6H,1H3,(H,16,18)/b15-6+. The predicted octanol–water partition coefficient (Wildman–Crippen LogP) is 4.43. The Hall–Kier alpha value is -0.0700. The molecule has 0 saturated carbocycles. The zero-order chi connectivity index (χ0) is 13.8. The number of rotatable bonds is 2. The van der Waals surface area contributed by atoms with Crippen LogP contribution in [0, 0.1) is 0 Å². The van der Waals surface area contributed by atoms with Crippen LogP contribution in [0.3, 0.4) is 0 Å². The van der Waals surface area contributed by atoms with Gasteiger partial charge in [-0.2, -0.15) is 5.10 Å². The minimum absolute atomic E-state index is 0.392. The molecule has 0 amide bonds. The van der Waals surface area contributed by atoms with Crippen LogP contribution in [0.25, 0.3) is 0 Å². The number of benzene rings is 1. The Morgan fingerprint density at radius 2 is 1.94 bits per heavy atom. The molecule has 1 aromatic carbocycles. The van der Waals surface area contributed by atoms with E-state index in [0.717, 1.165) is 10.2 Å². The maximum absolute atomic E-state index is 5.55. The molecule has 0 spiro atoms. The van der Waals surface area contributed by atoms with Crippen molar-refractivity contribution in [2.45, 2.75) is 3.79 Å². The van der Waals surface area contributed by atoms with Crippen molar-refractivity contribution >= 4 is 80.0 Å². The average molecular weight is 390 g/mol. The van der Waals surface area contributed by atoms with E-state index in [0.29, 0.717) is 5.11 Å². The largest absolute Gasteiger partial charge is 0.331 e. The Bertz CT molecular complexity index is 445. The first-order valence-electron chi connectivity index (χ1n) is 4.70. The lowest BCUT2D eigenvalue weighted by Gasteiger charge is -2.16. The highest BCUT2D eigenvalue weighted by Gasteiger charge is 2.16. The first kappa shape index (κ1) is 16.0. The molecule has 8 heteroatoms. The third-order valence-electron chi connectivity index (χ3n) is 1.77. The van der Waals surface area contributed by atoms with Crippen LogP contribution in [-0.2, 0) is 0 Å². The third kappa shape index (κ3) is 6.20. The van der Waals surface area contributed by atoms with Crippen molar-refractivity contribution in [1.29, 1.82) is 0 Å². The van der Waals surface area contributed by atoms with E-state index in [-0.39, 0.29) is 0 Å². The van der Waals surface area contributed by atoms with Gasteiger partial charge in [0.15, 0.2) is 5.11 Å². The fourth-order valence-electron chi connectivity index (χ4n) is 0.942. The Morgan fingerprint density at radius 3 is 2.44 bits per heavy atom. The summed E-state index contributed by atoms with van der Waals surface area (Å²) in [5, 5.41) is 8.70. The second-order valence-corrected chi connectivity index (χ2v) is 6.92. The average Bonchev–Trinajstić information content (AvgIpc) is 2.28. The number of alkyl halides is 3. The van der Waals surface area contributed by atoms with Crippen molar-refractivity contribution in [1.82, 2.24) is 5.01 Å². The van der Waals surface area contributed by atoms with Gasteiger partial charge >= 0.3 is 0 Å². The minimum atomic E-state index is -1.54. The number of hydrazone groups is 1. The molecule has 0 aliphatic carbocycles. The summed E-state index contributed by atoms with van der Waals surface area (Å²) in [6.07, 6.45) is 1.17. The number of thiocarbonyl (C=S) groups is 1. The van der Waals surface area contributed by atoms with Crippen LogP contribution >= 0.6 is 63.0 Å². The van der Waals surface area contributed by atoms with Crippen molar-refractivity contribution in [2.24, 2.45) is 5.10 Å². The summed E-state index contributed by atoms with van der Waals surface area (Å²) in [5.74, 6) is 0. The van der Waals surface area contributed by atoms with Gasteiger partial charge in [0.05, 0.1) is 6.21 Å². The Balaban J connectivity index is 2.60. The fraction of sp³-hybridized carbons (Fsp3) is 0.200. The second kappa shape index (κ2) is 6.91. The molecule has 18 heavy (non-hydrogen) atoms. The van der Waals surface area contributed by atoms with Crippen molar-refractivity contribution < 1.29 is 0 Å². The number of nitrogens with zero attached hydrogens (tertiary/aromatic N) is 2. The van der Waals surface area contributed by atoms with Gasteiger partial charge in [-0.3, -0.25) is 0 Å². The number of nitrogens with one attached hydrogen (secondary N) is 1. The number of hydrogen-bond donors (Lipinski definition) is 1. The Morgan fingerprint density at radius 1 is 1.39 bits per heavy atom. The second-order valence-electron chi connectivity index (χ2n) is 3.25. The lowest BCUT2D eigenvalue weighted by Crippen LogP contribution is -2.27. The van der Waals surface area contributed by atoms with E-state index in [2.05, 4.69) is 26.3 Å². The van der Waals surface area contributed by atoms with E-state index in [1.807, 2.05) is 24.3 Å². The van der Waals surface area contributed by atoms with Gasteiger partial charge in [0, 0.05) is 17.2 Å². The van der Waals surface area contributed by atoms with Gasteiger partial charge in [0.25, 0.3) is 0 Å². The zero-order valence-electron chi connectivity index (χ0n) is 9.20. The molecule has 0 heterocycles. The molecule has 0 unspecified atom stereocenters. The molecule has 1 N–H and O–H groups in total. The first-order valence-corrected chi connectivity index (χ1v) is 7.03. The number of hydrogen-bond acceptors (Lipinski definition) is 2. The van der Waals surface area contributed by atoms with Crippen LogP contribution in [0.15, 0.2) is 33.8 Å². The first-order chi connectivity index (χ1) is 8.28. The highest BCUT2D eigenvalue weighted by molar-refractivity contribution is 9.10. The van der Waals surface area contributed by atoms with Crippen LogP contribution in [0.2, 0.25) is 0 Å². The molecule has 0 aromatic heterocycles. The quantitative estimate of drug-likeness (QED) is 0.351. The van der Waals surface area contributed by atoms with Crippen molar-refractivity contribution in [3.8, 4) is 0 Å². The van der Waals surface area contributed by atoms with E-state index in [4.69, 9.17) is 47.0 Å². The number of halogens is 4. The van der Waals surface area contributed by atoms with Gasteiger partial charge in [-0.15, -0.1) is 0 Å². The van der Waals surface area contributed by atoms with Gasteiger partial charge in [0.2, 0.25) is 3.79 Å². The summed E-state index contributed by atoms with van der Waals surface area (Å²) in [5.41, 5.74) is 0.846. The summed E-state index contributed by atoms with van der Waals surface area (Å²) in [6.45, 7) is 0. The van der Waals surface area contributed by atoms with E-state index in [1.54, 1.807) is 7.05 Å². The molecule has 0 bridgehead atoms. The van der Waals surface area contributed by atoms with E-state index in [9.17, 15) is 0 Å². The molecule has 1 aromatic rings. The highest BCUT2D eigenvalue weighted by atomic mass is 79.9. The van der Waals surface area contributed by atoms with Crippen LogP contribution in [0.5, 0.6) is 0 Å². The fourth-order valence-corrected chi connectivity index (χ4v) is 1.50. The highest BCUT2D eigenvalue weighted by Crippen LogP contribution is 2.23. The topological polar surface area (TPSA) is 27.6 Å². The Kier molecular flexibility index (Phi) is 6.14. The summed E-state index contributed by atoms with van der Waals surface area (Å²) < 4.78 is -0.553. The van der Waals surface area contributed by atoms with Gasteiger partial charge in [-0.1, -0.05) is 50.7 Å². The predicted molar refractivity (Wildman–Crippen MR) is 86.9 cm³/mol. The van der Waals surface area contributed by atoms with Crippen molar-refractivity contribution in [3.63, 3.8) is 0 Å². The maximum atomic E-state index is 5.55. The van der Waals surface area contributed by atoms with Gasteiger partial charge in [-0.25, -0.2) is 5.01 Å². The molecular formula is C10H9BrCl3N3S. The number of anilines is 1. The maximum Gasteiger partial charge on any atom is 0.227 e. The molecular weight excluding hydrogens is 380 g/mol. The van der Waals surface area contributed by atoms with E-state index >= 15 is 0 Å². The summed E-state index contributed by atoms with van der Waals surface area (Å²) in [4.78, 5) is 0. The minimum Gasteiger partial charge on any atom is -0.331 e. The Labute approximate surface area is 134 Å². The normalized spacial score (nSPS) is 11.6. The molecule has 0 aliphatic heterocycles. The molecule has 0 aliphatic rings. The third-order valence-corrected chi connectivity index (χ3v) is 2.95. The van der Waals surface area contributed by atoms with Crippen LogP contribution < -0.4 is 5.32 Å². The van der Waals surface area contributed by atoms with Crippen LogP contribution in [0.1, 0.15) is 0 Å². The molecule has 0 radical (unpaired) electrons. The van der Waals surface area contributed by atoms with E-state index in [1.165, 1.54) is 11.2 Å². The molecule has 3 nitrogen and oxygen atoms in total. The van der Waals surface area contributed by atoms with Crippen LogP contribution in [0.4, 0.5) is 5.69 Å². The molecule has 1 rings (SSSR count). The smallest absolute Gasteiger partial charge is 0.227 e.